The Labute approximate surface area is 288 Å². The standard InChI is InChI=1S/C37H49N9O3/c1-24-12-9-10-21-45(24)36-43-42-33-19-16-25(23-46(33)36)49-30-18-17-28(26-13-7-8-14-27(26)30)38-35(48)41-32-22-31(37(2,3)4)39-34(40-32)29(47)15-11-20-44(5)6/h7-8,13-14,16,19,22-24,28,30H,9-12,15,17-18,20-21H2,1-6H3,(H2,38,39,40,41,48)/t24-,28-,30+/m0/s1. The van der Waals surface area contributed by atoms with Gasteiger partial charge in [0, 0.05) is 30.5 Å². The molecular formula is C37H49N9O3. The molecule has 0 unspecified atom stereocenters. The zero-order chi connectivity index (χ0) is 34.7. The number of anilines is 2. The van der Waals surface area contributed by atoms with Crippen LogP contribution < -0.4 is 20.3 Å². The minimum atomic E-state index is -0.388. The predicted octanol–water partition coefficient (Wildman–Crippen LogP) is 6.50. The van der Waals surface area contributed by atoms with Gasteiger partial charge in [-0.15, -0.1) is 10.2 Å². The molecule has 4 heterocycles. The average Bonchev–Trinajstić information content (AvgIpc) is 3.48. The molecule has 12 heteroatoms. The third kappa shape index (κ3) is 8.01. The van der Waals surface area contributed by atoms with E-state index in [1.54, 1.807) is 6.07 Å². The van der Waals surface area contributed by atoms with Crippen molar-refractivity contribution in [2.45, 2.75) is 96.2 Å². The molecule has 1 aromatic carbocycles. The van der Waals surface area contributed by atoms with Gasteiger partial charge in [-0.2, -0.15) is 0 Å². The Morgan fingerprint density at radius 2 is 1.80 bits per heavy atom. The van der Waals surface area contributed by atoms with E-state index in [1.807, 2.05) is 80.7 Å². The number of rotatable bonds is 10. The fourth-order valence-corrected chi connectivity index (χ4v) is 6.71. The maximum Gasteiger partial charge on any atom is 0.320 e. The summed E-state index contributed by atoms with van der Waals surface area (Å²) in [5.74, 6) is 1.90. The Morgan fingerprint density at radius 1 is 1.00 bits per heavy atom. The zero-order valence-corrected chi connectivity index (χ0v) is 29.6. The molecule has 2 amide bonds. The summed E-state index contributed by atoms with van der Waals surface area (Å²) in [6, 6.07) is 13.5. The van der Waals surface area contributed by atoms with Crippen molar-refractivity contribution in [3.63, 3.8) is 0 Å². The van der Waals surface area contributed by atoms with Crippen LogP contribution in [0.2, 0.25) is 0 Å². The van der Waals surface area contributed by atoms with Crippen molar-refractivity contribution in [3.05, 3.63) is 71.3 Å². The maximum absolute atomic E-state index is 13.4. The predicted molar refractivity (Wildman–Crippen MR) is 190 cm³/mol. The summed E-state index contributed by atoms with van der Waals surface area (Å²) in [4.78, 5) is 39.8. The van der Waals surface area contributed by atoms with Crippen molar-refractivity contribution in [2.24, 2.45) is 0 Å². The van der Waals surface area contributed by atoms with E-state index in [9.17, 15) is 9.59 Å². The summed E-state index contributed by atoms with van der Waals surface area (Å²) < 4.78 is 8.65. The second-order valence-electron chi connectivity index (χ2n) is 14.6. The van der Waals surface area contributed by atoms with Crippen LogP contribution in [-0.4, -0.2) is 74.5 Å². The molecule has 1 fully saturated rings. The van der Waals surface area contributed by atoms with Gasteiger partial charge in [-0.1, -0.05) is 45.0 Å². The molecule has 6 rings (SSSR count). The van der Waals surface area contributed by atoms with Gasteiger partial charge >= 0.3 is 6.03 Å². The number of urea groups is 1. The lowest BCUT2D eigenvalue weighted by Gasteiger charge is -2.33. The average molecular weight is 668 g/mol. The summed E-state index contributed by atoms with van der Waals surface area (Å²) >= 11 is 0. The third-order valence-corrected chi connectivity index (χ3v) is 9.43. The monoisotopic (exact) mass is 667 g/mol. The van der Waals surface area contributed by atoms with Crippen molar-refractivity contribution in [3.8, 4) is 5.75 Å². The number of Topliss-reactive ketones (excluding diaryl/α,β-unsaturated/α-hetero) is 1. The number of ketones is 1. The number of fused-ring (bicyclic) bond motifs is 2. The molecule has 3 atom stereocenters. The van der Waals surface area contributed by atoms with Gasteiger partial charge in [0.15, 0.2) is 17.3 Å². The number of nitrogens with zero attached hydrogens (tertiary/aromatic N) is 7. The van der Waals surface area contributed by atoms with Gasteiger partial charge in [-0.25, -0.2) is 14.8 Å². The molecular weight excluding hydrogens is 618 g/mol. The van der Waals surface area contributed by atoms with Gasteiger partial charge in [-0.05, 0) is 89.3 Å². The van der Waals surface area contributed by atoms with Crippen LogP contribution in [0.1, 0.15) is 112 Å². The van der Waals surface area contributed by atoms with Crippen LogP contribution in [0.25, 0.3) is 5.65 Å². The molecule has 0 radical (unpaired) electrons. The molecule has 0 spiro atoms. The van der Waals surface area contributed by atoms with Gasteiger partial charge < -0.3 is 19.9 Å². The topological polar surface area (TPSA) is 130 Å². The van der Waals surface area contributed by atoms with Crippen LogP contribution >= 0.6 is 0 Å². The number of carbonyl (C=O) groups excluding carboxylic acids is 2. The number of pyridine rings is 1. The number of benzene rings is 1. The van der Waals surface area contributed by atoms with Crippen molar-refractivity contribution in [1.82, 2.24) is 34.8 Å². The largest absolute Gasteiger partial charge is 0.484 e. The van der Waals surface area contributed by atoms with Gasteiger partial charge in [0.1, 0.15) is 17.7 Å². The first-order valence-electron chi connectivity index (χ1n) is 17.5. The molecule has 0 saturated carbocycles. The highest BCUT2D eigenvalue weighted by atomic mass is 16.5. The molecule has 3 aromatic heterocycles. The Hall–Kier alpha value is -4.58. The van der Waals surface area contributed by atoms with Crippen molar-refractivity contribution < 1.29 is 14.3 Å². The molecule has 2 N–H and O–H groups in total. The van der Waals surface area contributed by atoms with Crippen LogP contribution in [0.15, 0.2) is 48.7 Å². The molecule has 49 heavy (non-hydrogen) atoms. The first-order chi connectivity index (χ1) is 23.5. The minimum Gasteiger partial charge on any atom is -0.484 e. The second-order valence-corrected chi connectivity index (χ2v) is 14.6. The third-order valence-electron chi connectivity index (χ3n) is 9.43. The lowest BCUT2D eigenvalue weighted by molar-refractivity contribution is 0.0966. The fraction of sp³-hybridized carbons (Fsp3) is 0.514. The van der Waals surface area contributed by atoms with Gasteiger partial charge in [0.2, 0.25) is 5.95 Å². The zero-order valence-electron chi connectivity index (χ0n) is 29.6. The fourth-order valence-electron chi connectivity index (χ4n) is 6.71. The minimum absolute atomic E-state index is 0.131. The molecule has 1 aliphatic carbocycles. The summed E-state index contributed by atoms with van der Waals surface area (Å²) in [5, 5.41) is 15.0. The SMILES string of the molecule is C[C@H]1CCCCN1c1nnc2ccc(O[C@@H]3CC[C@H](NC(=O)Nc4cc(C(C)(C)C)nc(C(=O)CCCN(C)C)n4)c4ccccc43)cn12. The molecule has 2 aliphatic rings. The van der Waals surface area contributed by atoms with Crippen LogP contribution in [0.3, 0.4) is 0 Å². The Morgan fingerprint density at radius 3 is 2.55 bits per heavy atom. The maximum atomic E-state index is 13.4. The molecule has 260 valence electrons. The van der Waals surface area contributed by atoms with E-state index in [0.29, 0.717) is 43.2 Å². The Balaban J connectivity index is 1.16. The van der Waals surface area contributed by atoms with Crippen molar-refractivity contribution in [2.75, 3.05) is 37.4 Å². The van der Waals surface area contributed by atoms with E-state index in [2.05, 4.69) is 48.7 Å². The Kier molecular flexibility index (Phi) is 10.1. The normalized spacial score (nSPS) is 19.5. The molecule has 4 aromatic rings. The van der Waals surface area contributed by atoms with Gasteiger partial charge in [0.05, 0.1) is 17.9 Å². The van der Waals surface area contributed by atoms with E-state index in [1.165, 1.54) is 6.42 Å². The molecule has 1 aliphatic heterocycles. The van der Waals surface area contributed by atoms with Crippen LogP contribution in [0.4, 0.5) is 16.6 Å². The van der Waals surface area contributed by atoms with Gasteiger partial charge in [-0.3, -0.25) is 14.5 Å². The van der Waals surface area contributed by atoms with E-state index in [-0.39, 0.29) is 35.2 Å². The van der Waals surface area contributed by atoms with Crippen LogP contribution in [0, 0.1) is 0 Å². The highest BCUT2D eigenvalue weighted by Crippen LogP contribution is 2.39. The summed E-state index contributed by atoms with van der Waals surface area (Å²) in [7, 11) is 3.95. The van der Waals surface area contributed by atoms with E-state index >= 15 is 0 Å². The number of hydrogen-bond donors (Lipinski definition) is 2. The van der Waals surface area contributed by atoms with Crippen LogP contribution in [-0.2, 0) is 5.41 Å². The smallest absolute Gasteiger partial charge is 0.320 e. The number of nitrogens with one attached hydrogen (secondary N) is 2. The van der Waals surface area contributed by atoms with Gasteiger partial charge in [0.25, 0.3) is 0 Å². The van der Waals surface area contributed by atoms with E-state index in [0.717, 1.165) is 54.4 Å². The lowest BCUT2D eigenvalue weighted by Crippen LogP contribution is -2.38. The number of ether oxygens (including phenoxy) is 1. The number of carbonyl (C=O) groups is 2. The summed E-state index contributed by atoms with van der Waals surface area (Å²) in [6.45, 7) is 10.1. The Bertz CT molecular complexity index is 1800. The quantitative estimate of drug-likeness (QED) is 0.182. The van der Waals surface area contributed by atoms with E-state index < -0.39 is 0 Å². The molecule has 12 nitrogen and oxygen atoms in total. The number of aromatic nitrogens is 5. The molecule has 0 bridgehead atoms. The van der Waals surface area contributed by atoms with Crippen LogP contribution in [0.5, 0.6) is 5.75 Å². The van der Waals surface area contributed by atoms with Crippen molar-refractivity contribution in [1.29, 1.82) is 0 Å². The highest BCUT2D eigenvalue weighted by molar-refractivity contribution is 5.94. The summed E-state index contributed by atoms with van der Waals surface area (Å²) in [6.07, 6.45) is 7.78. The number of hydrogen-bond acceptors (Lipinski definition) is 9. The first-order valence-corrected chi connectivity index (χ1v) is 17.5. The first kappa shape index (κ1) is 34.3. The number of piperidine rings is 1. The number of amides is 2. The van der Waals surface area contributed by atoms with Crippen molar-refractivity contribution >= 4 is 29.2 Å². The molecule has 1 saturated heterocycles. The second kappa shape index (κ2) is 14.5. The van der Waals surface area contributed by atoms with E-state index in [4.69, 9.17) is 4.74 Å². The highest BCUT2D eigenvalue weighted by Gasteiger charge is 2.30. The summed E-state index contributed by atoms with van der Waals surface area (Å²) in [5.41, 5.74) is 3.20. The lowest BCUT2D eigenvalue weighted by atomic mass is 9.85.